The van der Waals surface area contributed by atoms with Gasteiger partial charge in [0.25, 0.3) is 0 Å². The molecule has 1 aromatic carbocycles. The van der Waals surface area contributed by atoms with Crippen molar-refractivity contribution in [2.45, 2.75) is 0 Å². The molecule has 0 aliphatic heterocycles. The molecule has 0 aliphatic carbocycles. The topological polar surface area (TPSA) is 46.5 Å². The second-order valence-corrected chi connectivity index (χ2v) is 2.12. The lowest BCUT2D eigenvalue weighted by Gasteiger charge is -1.98. The molecule has 13 heavy (non-hydrogen) atoms. The zero-order valence-electron chi connectivity index (χ0n) is 6.25. The van der Waals surface area contributed by atoms with Gasteiger partial charge in [0.05, 0.1) is 0 Å². The van der Waals surface area contributed by atoms with E-state index in [1.807, 2.05) is 0 Å². The molecule has 0 amide bonds. The average Bonchev–Trinajstić information content (AvgIpc) is 2.14. The Kier molecular flexibility index (Phi) is 2.62. The molecular formula is C8H3F2NO2. The van der Waals surface area contributed by atoms with Gasteiger partial charge in [-0.3, -0.25) is 4.79 Å². The number of isocyanates is 1. The van der Waals surface area contributed by atoms with E-state index in [1.165, 1.54) is 0 Å². The van der Waals surface area contributed by atoms with Crippen molar-refractivity contribution in [3.8, 4) is 0 Å². The van der Waals surface area contributed by atoms with Gasteiger partial charge in [0, 0.05) is 5.56 Å². The van der Waals surface area contributed by atoms with Gasteiger partial charge in [0.2, 0.25) is 6.08 Å². The van der Waals surface area contributed by atoms with E-state index in [0.29, 0.717) is 0 Å². The SMILES string of the molecule is O=C=Nc1c(C=O)ccc(F)c1F. The molecule has 0 N–H and O–H groups in total. The number of hydrogen-bond acceptors (Lipinski definition) is 3. The first-order valence-electron chi connectivity index (χ1n) is 3.21. The van der Waals surface area contributed by atoms with Crippen molar-refractivity contribution < 1.29 is 18.4 Å². The van der Waals surface area contributed by atoms with Crippen molar-refractivity contribution >= 4 is 18.1 Å². The van der Waals surface area contributed by atoms with Gasteiger partial charge in [0.1, 0.15) is 5.69 Å². The molecule has 0 heterocycles. The minimum atomic E-state index is -1.33. The van der Waals surface area contributed by atoms with Gasteiger partial charge in [-0.05, 0) is 12.1 Å². The first kappa shape index (κ1) is 9.22. The van der Waals surface area contributed by atoms with E-state index in [4.69, 9.17) is 0 Å². The zero-order chi connectivity index (χ0) is 9.84. The molecule has 0 unspecified atom stereocenters. The van der Waals surface area contributed by atoms with Gasteiger partial charge >= 0.3 is 0 Å². The summed E-state index contributed by atoms with van der Waals surface area (Å²) in [7, 11) is 0. The maximum atomic E-state index is 12.8. The standard InChI is InChI=1S/C8H3F2NO2/c9-6-2-1-5(3-12)8(7(6)10)11-4-13/h1-3H. The summed E-state index contributed by atoms with van der Waals surface area (Å²) in [6, 6.07) is 1.81. The van der Waals surface area contributed by atoms with Gasteiger partial charge in [-0.15, -0.1) is 0 Å². The largest absolute Gasteiger partial charge is 0.298 e. The number of rotatable bonds is 2. The Morgan fingerprint density at radius 1 is 1.38 bits per heavy atom. The molecule has 0 spiro atoms. The number of aliphatic imine (C=N–C) groups is 1. The zero-order valence-corrected chi connectivity index (χ0v) is 6.25. The fourth-order valence-electron chi connectivity index (χ4n) is 0.809. The molecule has 0 atom stereocenters. The molecule has 5 heteroatoms. The minimum absolute atomic E-state index is 0.192. The van der Waals surface area contributed by atoms with Gasteiger partial charge in [0.15, 0.2) is 17.9 Å². The van der Waals surface area contributed by atoms with E-state index in [1.54, 1.807) is 0 Å². The number of nitrogens with zero attached hydrogens (tertiary/aromatic N) is 1. The van der Waals surface area contributed by atoms with Crippen molar-refractivity contribution in [1.82, 2.24) is 0 Å². The Hall–Kier alpha value is -1.87. The summed E-state index contributed by atoms with van der Waals surface area (Å²) in [6.45, 7) is 0. The number of hydrogen-bond donors (Lipinski definition) is 0. The molecule has 0 fully saturated rings. The van der Waals surface area contributed by atoms with Crippen molar-refractivity contribution in [2.75, 3.05) is 0 Å². The molecule has 3 nitrogen and oxygen atoms in total. The lowest BCUT2D eigenvalue weighted by Crippen LogP contribution is -1.89. The van der Waals surface area contributed by atoms with Gasteiger partial charge < -0.3 is 0 Å². The average molecular weight is 183 g/mol. The van der Waals surface area contributed by atoms with Crippen LogP contribution in [-0.2, 0) is 4.79 Å². The Labute approximate surface area is 71.7 Å². The van der Waals surface area contributed by atoms with Gasteiger partial charge in [-0.1, -0.05) is 0 Å². The van der Waals surface area contributed by atoms with E-state index < -0.39 is 17.3 Å². The van der Waals surface area contributed by atoms with Crippen LogP contribution in [0.25, 0.3) is 0 Å². The second kappa shape index (κ2) is 3.69. The fraction of sp³-hybridized carbons (Fsp3) is 0. The van der Waals surface area contributed by atoms with Crippen LogP contribution >= 0.6 is 0 Å². The molecule has 0 bridgehead atoms. The van der Waals surface area contributed by atoms with Crippen molar-refractivity contribution in [3.63, 3.8) is 0 Å². The van der Waals surface area contributed by atoms with E-state index >= 15 is 0 Å². The highest BCUT2D eigenvalue weighted by atomic mass is 19.2. The predicted octanol–water partition coefficient (Wildman–Crippen LogP) is 1.74. The van der Waals surface area contributed by atoms with Crippen LogP contribution in [0.1, 0.15) is 10.4 Å². The molecule has 0 aromatic heterocycles. The van der Waals surface area contributed by atoms with Crippen LogP contribution in [0.3, 0.4) is 0 Å². The lowest BCUT2D eigenvalue weighted by molar-refractivity contribution is 0.112. The van der Waals surface area contributed by atoms with Crippen LogP contribution in [0.15, 0.2) is 17.1 Å². The number of halogens is 2. The molecule has 0 radical (unpaired) electrons. The summed E-state index contributed by atoms with van der Waals surface area (Å²) in [5, 5.41) is 0. The summed E-state index contributed by atoms with van der Waals surface area (Å²) in [4.78, 5) is 23.0. The summed E-state index contributed by atoms with van der Waals surface area (Å²) in [6.07, 6.45) is 1.31. The maximum Gasteiger partial charge on any atom is 0.240 e. The highest BCUT2D eigenvalue weighted by molar-refractivity contribution is 5.83. The third kappa shape index (κ3) is 1.65. The minimum Gasteiger partial charge on any atom is -0.298 e. The number of benzene rings is 1. The Morgan fingerprint density at radius 3 is 2.62 bits per heavy atom. The predicted molar refractivity (Wildman–Crippen MR) is 39.5 cm³/mol. The monoisotopic (exact) mass is 183 g/mol. The van der Waals surface area contributed by atoms with Crippen LogP contribution in [-0.4, -0.2) is 12.4 Å². The molecule has 1 rings (SSSR count). The summed E-state index contributed by atoms with van der Waals surface area (Å²) in [5.74, 6) is -2.49. The second-order valence-electron chi connectivity index (χ2n) is 2.12. The fourth-order valence-corrected chi connectivity index (χ4v) is 0.809. The van der Waals surface area contributed by atoms with E-state index in [0.717, 1.165) is 18.2 Å². The molecule has 0 saturated carbocycles. The molecule has 0 aliphatic rings. The van der Waals surface area contributed by atoms with Crippen molar-refractivity contribution in [1.29, 1.82) is 0 Å². The van der Waals surface area contributed by atoms with Crippen LogP contribution in [0.2, 0.25) is 0 Å². The van der Waals surface area contributed by atoms with Gasteiger partial charge in [-0.2, -0.15) is 4.99 Å². The highest BCUT2D eigenvalue weighted by Gasteiger charge is 2.11. The third-order valence-corrected chi connectivity index (χ3v) is 1.38. The summed E-state index contributed by atoms with van der Waals surface area (Å²) < 4.78 is 25.4. The van der Waals surface area contributed by atoms with E-state index in [2.05, 4.69) is 4.99 Å². The Morgan fingerprint density at radius 2 is 2.08 bits per heavy atom. The summed E-state index contributed by atoms with van der Waals surface area (Å²) in [5.41, 5.74) is -0.813. The van der Waals surface area contributed by atoms with Gasteiger partial charge in [-0.25, -0.2) is 13.6 Å². The highest BCUT2D eigenvalue weighted by Crippen LogP contribution is 2.23. The summed E-state index contributed by atoms with van der Waals surface area (Å²) >= 11 is 0. The quantitative estimate of drug-likeness (QED) is 0.398. The molecule has 1 aromatic rings. The number of carbonyl (C=O) groups excluding carboxylic acids is 2. The lowest BCUT2D eigenvalue weighted by atomic mass is 10.2. The van der Waals surface area contributed by atoms with E-state index in [9.17, 15) is 18.4 Å². The molecule has 66 valence electrons. The van der Waals surface area contributed by atoms with Crippen LogP contribution < -0.4 is 0 Å². The first-order valence-corrected chi connectivity index (χ1v) is 3.21. The Balaban J connectivity index is 3.49. The van der Waals surface area contributed by atoms with Crippen LogP contribution in [0.4, 0.5) is 14.5 Å². The van der Waals surface area contributed by atoms with E-state index in [-0.39, 0.29) is 11.8 Å². The number of carbonyl (C=O) groups is 1. The van der Waals surface area contributed by atoms with Crippen LogP contribution in [0.5, 0.6) is 0 Å². The third-order valence-electron chi connectivity index (χ3n) is 1.38. The Bertz CT molecular complexity index is 397. The number of aldehydes is 1. The molecular weight excluding hydrogens is 180 g/mol. The van der Waals surface area contributed by atoms with Crippen molar-refractivity contribution in [2.24, 2.45) is 4.99 Å². The normalized spacial score (nSPS) is 9.08. The first-order chi connectivity index (χ1) is 6.20. The van der Waals surface area contributed by atoms with Crippen molar-refractivity contribution in [3.05, 3.63) is 29.3 Å². The smallest absolute Gasteiger partial charge is 0.240 e. The maximum absolute atomic E-state index is 12.8. The van der Waals surface area contributed by atoms with Crippen LogP contribution in [0, 0.1) is 11.6 Å². The molecule has 0 saturated heterocycles.